The first-order valence-electron chi connectivity index (χ1n) is 8.11. The van der Waals surface area contributed by atoms with E-state index in [1.54, 1.807) is 13.1 Å². The van der Waals surface area contributed by atoms with E-state index in [0.29, 0.717) is 5.56 Å². The summed E-state index contributed by atoms with van der Waals surface area (Å²) in [7, 11) is 0. The van der Waals surface area contributed by atoms with E-state index in [9.17, 15) is 9.59 Å². The van der Waals surface area contributed by atoms with E-state index in [-0.39, 0.29) is 0 Å². The summed E-state index contributed by atoms with van der Waals surface area (Å²) in [5.74, 6) is 0. The molecule has 5 heteroatoms. The van der Waals surface area contributed by atoms with E-state index in [4.69, 9.17) is 0 Å². The van der Waals surface area contributed by atoms with Gasteiger partial charge in [-0.3, -0.25) is 14.6 Å². The molecule has 0 saturated heterocycles. The predicted octanol–water partition coefficient (Wildman–Crippen LogP) is 2.21. The van der Waals surface area contributed by atoms with Crippen molar-refractivity contribution in [2.45, 2.75) is 26.2 Å². The molecular weight excluding hydrogens is 302 g/mol. The van der Waals surface area contributed by atoms with Crippen LogP contribution in [0.5, 0.6) is 0 Å². The van der Waals surface area contributed by atoms with Gasteiger partial charge in [0.2, 0.25) is 10.9 Å². The molecule has 0 bridgehead atoms. The summed E-state index contributed by atoms with van der Waals surface area (Å²) in [4.78, 5) is 28.7. The molecule has 0 unspecified atom stereocenters. The van der Waals surface area contributed by atoms with Crippen molar-refractivity contribution in [2.75, 3.05) is 0 Å². The van der Waals surface area contributed by atoms with Gasteiger partial charge in [-0.1, -0.05) is 0 Å². The van der Waals surface area contributed by atoms with Crippen molar-refractivity contribution in [3.05, 3.63) is 74.1 Å². The number of aromatic nitrogens is 3. The number of benzene rings is 1. The first-order valence-corrected chi connectivity index (χ1v) is 8.11. The highest BCUT2D eigenvalue weighted by Gasteiger charge is 2.22. The van der Waals surface area contributed by atoms with E-state index in [0.717, 1.165) is 41.7 Å². The van der Waals surface area contributed by atoms with Crippen molar-refractivity contribution in [3.63, 3.8) is 0 Å². The van der Waals surface area contributed by atoms with Gasteiger partial charge in [-0.05, 0) is 37.8 Å². The molecule has 0 aromatic carbocycles. The lowest BCUT2D eigenvalue weighted by molar-refractivity contribution is 0.807. The third-order valence-corrected chi connectivity index (χ3v) is 5.13. The number of hydrogen-bond donors (Lipinski definition) is 0. The van der Waals surface area contributed by atoms with Crippen LogP contribution in [0, 0.1) is 6.92 Å². The molecule has 1 aliphatic heterocycles. The maximum atomic E-state index is 12.3. The minimum absolute atomic E-state index is 0.424. The monoisotopic (exact) mass is 317 g/mol. The molecule has 0 amide bonds. The maximum absolute atomic E-state index is 12.3. The molecule has 3 heterocycles. The Morgan fingerprint density at radius 2 is 2.00 bits per heavy atom. The number of fused-ring (bicyclic) bond motifs is 5. The van der Waals surface area contributed by atoms with Gasteiger partial charge in [0.05, 0.1) is 28.6 Å². The Kier molecular flexibility index (Phi) is 2.55. The first-order chi connectivity index (χ1) is 11.7. The molecule has 0 N–H and O–H groups in total. The Labute approximate surface area is 137 Å². The largest absolute Gasteiger partial charge is 0.314 e. The average Bonchev–Trinajstić information content (AvgIpc) is 2.98. The Bertz CT molecular complexity index is 1230. The quantitative estimate of drug-likeness (QED) is 0.467. The van der Waals surface area contributed by atoms with Crippen LogP contribution in [0.15, 0.2) is 46.5 Å². The third-order valence-electron chi connectivity index (χ3n) is 5.13. The topological polar surface area (TPSA) is 55.9 Å². The zero-order valence-electron chi connectivity index (χ0n) is 13.2. The van der Waals surface area contributed by atoms with Crippen molar-refractivity contribution >= 4 is 11.0 Å². The SMILES string of the molecule is Cc1c2n3ccc4c3c(c3cnccn3c-2cc(=O)c1=O)CCC4. The molecule has 24 heavy (non-hydrogen) atoms. The summed E-state index contributed by atoms with van der Waals surface area (Å²) in [5, 5.41) is 0. The lowest BCUT2D eigenvalue weighted by atomic mass is 9.97. The van der Waals surface area contributed by atoms with Crippen LogP contribution in [0.4, 0.5) is 0 Å². The number of nitrogens with zero attached hydrogens (tertiary/aromatic N) is 3. The van der Waals surface area contributed by atoms with E-state index in [1.165, 1.54) is 17.2 Å². The molecule has 2 aromatic rings. The highest BCUT2D eigenvalue weighted by atomic mass is 16.2. The van der Waals surface area contributed by atoms with E-state index >= 15 is 0 Å². The van der Waals surface area contributed by atoms with Crippen LogP contribution in [0.3, 0.4) is 0 Å². The molecule has 0 spiro atoms. The van der Waals surface area contributed by atoms with E-state index in [2.05, 4.69) is 15.5 Å². The summed E-state index contributed by atoms with van der Waals surface area (Å²) in [6, 6.07) is 3.58. The van der Waals surface area contributed by atoms with Crippen molar-refractivity contribution in [1.82, 2.24) is 13.8 Å². The van der Waals surface area contributed by atoms with Crippen LogP contribution in [0.25, 0.3) is 22.4 Å². The van der Waals surface area contributed by atoms with E-state index < -0.39 is 10.9 Å². The lowest BCUT2D eigenvalue weighted by Gasteiger charge is -2.12. The Morgan fingerprint density at radius 1 is 1.12 bits per heavy atom. The molecule has 0 fully saturated rings. The number of aryl methyl sites for hydroxylation is 2. The van der Waals surface area contributed by atoms with Crippen molar-refractivity contribution in [3.8, 4) is 11.4 Å². The van der Waals surface area contributed by atoms with Gasteiger partial charge >= 0.3 is 0 Å². The second-order valence-corrected chi connectivity index (χ2v) is 6.42. The maximum Gasteiger partial charge on any atom is 0.230 e. The minimum atomic E-state index is -0.464. The zero-order valence-corrected chi connectivity index (χ0v) is 13.2. The Balaban J connectivity index is 2.23. The van der Waals surface area contributed by atoms with E-state index in [1.807, 2.05) is 23.0 Å². The van der Waals surface area contributed by atoms with Crippen LogP contribution >= 0.6 is 0 Å². The van der Waals surface area contributed by atoms with Gasteiger partial charge in [-0.2, -0.15) is 0 Å². The van der Waals surface area contributed by atoms with Gasteiger partial charge in [0.1, 0.15) is 0 Å². The normalized spacial score (nSPS) is 13.9. The van der Waals surface area contributed by atoms with Gasteiger partial charge in [-0.25, -0.2) is 0 Å². The molecule has 5 nitrogen and oxygen atoms in total. The van der Waals surface area contributed by atoms with Crippen LogP contribution in [-0.2, 0) is 12.8 Å². The Hall–Kier alpha value is -2.95. The predicted molar refractivity (Wildman–Crippen MR) is 92.1 cm³/mol. The van der Waals surface area contributed by atoms with Crippen molar-refractivity contribution < 1.29 is 0 Å². The standard InChI is InChI=1S/C19H15N3O2/c1-11-17-14(9-16(23)19(11)24)21-8-6-20-10-15(21)13-4-2-3-12-5-7-22(17)18(12)13/h5-10H,2-4H2,1H3. The highest BCUT2D eigenvalue weighted by molar-refractivity contribution is 5.79. The fraction of sp³-hybridized carbons (Fsp3) is 0.211. The zero-order chi connectivity index (χ0) is 16.4. The second kappa shape index (κ2) is 4.54. The Morgan fingerprint density at radius 3 is 2.88 bits per heavy atom. The molecule has 2 aliphatic carbocycles. The minimum Gasteiger partial charge on any atom is -0.314 e. The number of hydrogen-bond acceptors (Lipinski definition) is 3. The molecule has 0 radical (unpaired) electrons. The fourth-order valence-electron chi connectivity index (χ4n) is 4.05. The first kappa shape index (κ1) is 13.5. The molecule has 0 atom stereocenters. The molecule has 3 aliphatic rings. The van der Waals surface area contributed by atoms with Crippen LogP contribution in [0.2, 0.25) is 0 Å². The fourth-order valence-corrected chi connectivity index (χ4v) is 4.05. The van der Waals surface area contributed by atoms with Gasteiger partial charge in [-0.15, -0.1) is 0 Å². The van der Waals surface area contributed by atoms with Gasteiger partial charge in [0.25, 0.3) is 0 Å². The molecule has 2 aromatic heterocycles. The summed E-state index contributed by atoms with van der Waals surface area (Å²) in [5.41, 5.74) is 5.82. The van der Waals surface area contributed by atoms with Crippen LogP contribution < -0.4 is 10.9 Å². The molecule has 118 valence electrons. The number of rotatable bonds is 0. The van der Waals surface area contributed by atoms with Crippen molar-refractivity contribution in [1.29, 1.82) is 0 Å². The summed E-state index contributed by atoms with van der Waals surface area (Å²) >= 11 is 0. The molecule has 5 rings (SSSR count). The summed E-state index contributed by atoms with van der Waals surface area (Å²) < 4.78 is 4.08. The molecular formula is C19H15N3O2. The average molecular weight is 317 g/mol. The van der Waals surface area contributed by atoms with Crippen LogP contribution in [-0.4, -0.2) is 13.8 Å². The van der Waals surface area contributed by atoms with Crippen LogP contribution in [0.1, 0.15) is 23.1 Å². The highest BCUT2D eigenvalue weighted by Crippen LogP contribution is 2.33. The second-order valence-electron chi connectivity index (χ2n) is 6.42. The summed E-state index contributed by atoms with van der Waals surface area (Å²) in [6.07, 6.45) is 10.5. The van der Waals surface area contributed by atoms with Gasteiger partial charge in [0, 0.05) is 35.8 Å². The smallest absolute Gasteiger partial charge is 0.230 e. The molecule has 0 saturated carbocycles. The third kappa shape index (κ3) is 1.56. The van der Waals surface area contributed by atoms with Gasteiger partial charge < -0.3 is 8.80 Å². The van der Waals surface area contributed by atoms with Crippen molar-refractivity contribution in [2.24, 2.45) is 0 Å². The summed E-state index contributed by atoms with van der Waals surface area (Å²) in [6.45, 7) is 1.74. The van der Waals surface area contributed by atoms with Gasteiger partial charge in [0.15, 0.2) is 0 Å². The lowest BCUT2D eigenvalue weighted by Crippen LogP contribution is -2.27.